The van der Waals surface area contributed by atoms with Gasteiger partial charge in [-0.15, -0.1) is 0 Å². The van der Waals surface area contributed by atoms with Crippen molar-refractivity contribution in [1.29, 1.82) is 0 Å². The number of hydrogen-bond donors (Lipinski definition) is 0. The van der Waals surface area contributed by atoms with E-state index in [-0.39, 0.29) is 0 Å². The van der Waals surface area contributed by atoms with Crippen molar-refractivity contribution in [2.45, 2.75) is 0 Å². The highest BCUT2D eigenvalue weighted by Gasteiger charge is 2.18. The average molecular weight is 639 g/mol. The van der Waals surface area contributed by atoms with E-state index in [0.717, 1.165) is 44.9 Å². The molecule has 0 atom stereocenters. The minimum absolute atomic E-state index is 0.647. The van der Waals surface area contributed by atoms with Gasteiger partial charge in [-0.1, -0.05) is 127 Å². The highest BCUT2D eigenvalue weighted by Crippen LogP contribution is 2.44. The van der Waals surface area contributed by atoms with Crippen LogP contribution in [0, 0.1) is 0 Å². The van der Waals surface area contributed by atoms with Gasteiger partial charge in [0.1, 0.15) is 0 Å². The van der Waals surface area contributed by atoms with Crippen LogP contribution in [0.25, 0.3) is 89.0 Å². The smallest absolute Gasteiger partial charge is 0.160 e. The number of benzene rings is 6. The lowest BCUT2D eigenvalue weighted by Gasteiger charge is -2.18. The summed E-state index contributed by atoms with van der Waals surface area (Å²) in [6, 6.07) is 57.1. The summed E-state index contributed by atoms with van der Waals surface area (Å²) >= 11 is 0. The Labute approximate surface area is 290 Å². The number of fused-ring (bicyclic) bond motifs is 2. The SMILES string of the molecule is c1ccc(-c2c3ccccc3c(-c3cccc(-c4nc(-c5cccnc5)cc(-c5ccccc5-c5ccccn5)n4)c3)c3ccccc23)cc1. The van der Waals surface area contributed by atoms with Crippen LogP contribution in [-0.4, -0.2) is 19.9 Å². The van der Waals surface area contributed by atoms with Gasteiger partial charge in [0.15, 0.2) is 5.82 Å². The maximum atomic E-state index is 5.24. The van der Waals surface area contributed by atoms with Gasteiger partial charge in [0.2, 0.25) is 0 Å². The quantitative estimate of drug-likeness (QED) is 0.170. The van der Waals surface area contributed by atoms with Crippen molar-refractivity contribution < 1.29 is 0 Å². The highest BCUT2D eigenvalue weighted by molar-refractivity contribution is 6.21. The van der Waals surface area contributed by atoms with Gasteiger partial charge in [-0.3, -0.25) is 9.97 Å². The van der Waals surface area contributed by atoms with Crippen molar-refractivity contribution in [3.8, 4) is 67.4 Å². The van der Waals surface area contributed by atoms with Gasteiger partial charge in [0.25, 0.3) is 0 Å². The minimum atomic E-state index is 0.647. The van der Waals surface area contributed by atoms with E-state index in [4.69, 9.17) is 9.97 Å². The second-order valence-electron chi connectivity index (χ2n) is 12.3. The molecule has 0 spiro atoms. The normalized spacial score (nSPS) is 11.2. The van der Waals surface area contributed by atoms with Crippen LogP contribution >= 0.6 is 0 Å². The molecule has 6 aromatic carbocycles. The van der Waals surface area contributed by atoms with Crippen LogP contribution in [0.2, 0.25) is 0 Å². The lowest BCUT2D eigenvalue weighted by Crippen LogP contribution is -1.98. The zero-order chi connectivity index (χ0) is 33.3. The summed E-state index contributed by atoms with van der Waals surface area (Å²) in [6.45, 7) is 0. The van der Waals surface area contributed by atoms with Gasteiger partial charge < -0.3 is 0 Å². The van der Waals surface area contributed by atoms with Crippen molar-refractivity contribution in [1.82, 2.24) is 19.9 Å². The molecule has 0 saturated heterocycles. The molecule has 0 N–H and O–H groups in total. The first kappa shape index (κ1) is 29.4. The third kappa shape index (κ3) is 5.29. The van der Waals surface area contributed by atoms with Crippen LogP contribution in [0.4, 0.5) is 0 Å². The molecule has 0 unspecified atom stereocenters. The molecular weight excluding hydrogens is 609 g/mol. The molecule has 0 saturated carbocycles. The summed E-state index contributed by atoms with van der Waals surface area (Å²) < 4.78 is 0. The van der Waals surface area contributed by atoms with Crippen molar-refractivity contribution in [2.24, 2.45) is 0 Å². The Kier molecular flexibility index (Phi) is 7.45. The summed E-state index contributed by atoms with van der Waals surface area (Å²) in [4.78, 5) is 19.5. The first-order chi connectivity index (χ1) is 24.8. The lowest BCUT2D eigenvalue weighted by molar-refractivity contribution is 1.18. The molecule has 3 aromatic heterocycles. The predicted molar refractivity (Wildman–Crippen MR) is 205 cm³/mol. The van der Waals surface area contributed by atoms with Gasteiger partial charge in [-0.25, -0.2) is 9.97 Å². The molecular formula is C46H30N4. The van der Waals surface area contributed by atoms with E-state index in [2.05, 4.69) is 131 Å². The summed E-state index contributed by atoms with van der Waals surface area (Å²) in [5.41, 5.74) is 11.2. The van der Waals surface area contributed by atoms with Gasteiger partial charge in [0.05, 0.1) is 17.1 Å². The molecule has 0 aliphatic heterocycles. The number of pyridine rings is 2. The van der Waals surface area contributed by atoms with Crippen molar-refractivity contribution in [3.63, 3.8) is 0 Å². The molecule has 4 heteroatoms. The molecule has 0 fully saturated rings. The predicted octanol–water partition coefficient (Wildman–Crippen LogP) is 11.6. The maximum Gasteiger partial charge on any atom is 0.160 e. The molecule has 0 bridgehead atoms. The summed E-state index contributed by atoms with van der Waals surface area (Å²) in [7, 11) is 0. The topological polar surface area (TPSA) is 51.6 Å². The first-order valence-corrected chi connectivity index (χ1v) is 16.7. The van der Waals surface area contributed by atoms with E-state index in [1.54, 1.807) is 6.20 Å². The molecule has 3 heterocycles. The average Bonchev–Trinajstić information content (AvgIpc) is 3.20. The fraction of sp³-hybridized carbons (Fsp3) is 0. The Bertz CT molecular complexity index is 2580. The molecule has 50 heavy (non-hydrogen) atoms. The van der Waals surface area contributed by atoms with E-state index in [0.29, 0.717) is 5.82 Å². The molecule has 234 valence electrons. The Morgan fingerprint density at radius 1 is 0.340 bits per heavy atom. The van der Waals surface area contributed by atoms with E-state index in [9.17, 15) is 0 Å². The fourth-order valence-corrected chi connectivity index (χ4v) is 7.00. The maximum absolute atomic E-state index is 5.24. The van der Waals surface area contributed by atoms with E-state index < -0.39 is 0 Å². The zero-order valence-corrected chi connectivity index (χ0v) is 27.1. The largest absolute Gasteiger partial charge is 0.264 e. The Morgan fingerprint density at radius 2 is 0.900 bits per heavy atom. The van der Waals surface area contributed by atoms with Crippen LogP contribution < -0.4 is 0 Å². The second-order valence-corrected chi connectivity index (χ2v) is 12.3. The summed E-state index contributed by atoms with van der Waals surface area (Å²) in [5, 5.41) is 4.86. The number of rotatable bonds is 6. The molecule has 4 nitrogen and oxygen atoms in total. The fourth-order valence-electron chi connectivity index (χ4n) is 7.00. The zero-order valence-electron chi connectivity index (χ0n) is 27.1. The third-order valence-corrected chi connectivity index (χ3v) is 9.23. The molecule has 0 aliphatic carbocycles. The molecule has 0 aliphatic rings. The van der Waals surface area contributed by atoms with Gasteiger partial charge in [-0.2, -0.15) is 0 Å². The lowest BCUT2D eigenvalue weighted by atomic mass is 9.85. The number of aromatic nitrogens is 4. The Balaban J connectivity index is 1.26. The van der Waals surface area contributed by atoms with Gasteiger partial charge >= 0.3 is 0 Å². The Morgan fingerprint density at radius 3 is 1.56 bits per heavy atom. The van der Waals surface area contributed by atoms with Crippen LogP contribution in [-0.2, 0) is 0 Å². The standard InChI is InChI=1S/C46H30N4/c1-2-14-31(15-3-1)44-37-21-6-8-23-39(37)45(40-24-9-7-22-38(40)44)32-16-12-17-33(28-32)46-49-42(34-18-13-26-47-30-34)29-43(50-46)36-20-5-4-19-35(36)41-25-10-11-27-48-41/h1-30H. The second kappa shape index (κ2) is 12.7. The van der Waals surface area contributed by atoms with Crippen molar-refractivity contribution >= 4 is 21.5 Å². The monoisotopic (exact) mass is 638 g/mol. The van der Waals surface area contributed by atoms with E-state index >= 15 is 0 Å². The number of hydrogen-bond acceptors (Lipinski definition) is 4. The summed E-state index contributed by atoms with van der Waals surface area (Å²) in [6.07, 6.45) is 5.46. The van der Waals surface area contributed by atoms with Crippen LogP contribution in [0.5, 0.6) is 0 Å². The number of nitrogens with zero attached hydrogens (tertiary/aromatic N) is 4. The van der Waals surface area contributed by atoms with Gasteiger partial charge in [-0.05, 0) is 80.2 Å². The van der Waals surface area contributed by atoms with Crippen LogP contribution in [0.3, 0.4) is 0 Å². The minimum Gasteiger partial charge on any atom is -0.264 e. The van der Waals surface area contributed by atoms with Gasteiger partial charge in [0, 0.05) is 40.8 Å². The van der Waals surface area contributed by atoms with Crippen LogP contribution in [0.15, 0.2) is 182 Å². The van der Waals surface area contributed by atoms with E-state index in [1.165, 1.54) is 38.2 Å². The highest BCUT2D eigenvalue weighted by atomic mass is 14.9. The molecule has 0 radical (unpaired) electrons. The van der Waals surface area contributed by atoms with E-state index in [1.807, 2.05) is 54.9 Å². The van der Waals surface area contributed by atoms with Crippen LogP contribution in [0.1, 0.15) is 0 Å². The molecule has 9 aromatic rings. The Hall–Kier alpha value is -6.78. The molecule has 0 amide bonds. The third-order valence-electron chi connectivity index (χ3n) is 9.23. The first-order valence-electron chi connectivity index (χ1n) is 16.7. The molecule has 9 rings (SSSR count). The summed E-state index contributed by atoms with van der Waals surface area (Å²) in [5.74, 6) is 0.647. The van der Waals surface area contributed by atoms with Crippen molar-refractivity contribution in [2.75, 3.05) is 0 Å². The van der Waals surface area contributed by atoms with Crippen molar-refractivity contribution in [3.05, 3.63) is 182 Å².